The van der Waals surface area contributed by atoms with Crippen molar-refractivity contribution < 1.29 is 4.79 Å². The van der Waals surface area contributed by atoms with Crippen LogP contribution in [0.3, 0.4) is 0 Å². The van der Waals surface area contributed by atoms with Gasteiger partial charge in [-0.2, -0.15) is 5.10 Å². The van der Waals surface area contributed by atoms with E-state index in [0.717, 1.165) is 24.9 Å². The van der Waals surface area contributed by atoms with Gasteiger partial charge >= 0.3 is 0 Å². The van der Waals surface area contributed by atoms with Crippen LogP contribution in [0.2, 0.25) is 0 Å². The Morgan fingerprint density at radius 3 is 3.13 bits per heavy atom. The Bertz CT molecular complexity index is 365. The quantitative estimate of drug-likeness (QED) is 0.442. The number of aryl methyl sites for hydroxylation is 1. The first-order valence-corrected chi connectivity index (χ1v) is 5.29. The molecule has 1 aromatic rings. The molecule has 0 bridgehead atoms. The highest BCUT2D eigenvalue weighted by molar-refractivity contribution is 6.20. The minimum atomic E-state index is -0.243. The zero-order valence-electron chi connectivity index (χ0n) is 8.40. The number of aldehydes is 1. The van der Waals surface area contributed by atoms with Crippen LogP contribution in [0.4, 0.5) is 0 Å². The molecule has 2 N–H and O–H groups in total. The molecule has 1 aliphatic rings. The van der Waals surface area contributed by atoms with E-state index >= 15 is 0 Å². The second-order valence-electron chi connectivity index (χ2n) is 3.56. The monoisotopic (exact) mass is 228 g/mol. The minimum Gasteiger partial charge on any atom is -0.298 e. The molecule has 0 aromatic carbocycles. The molecule has 2 rings (SSSR count). The van der Waals surface area contributed by atoms with E-state index in [9.17, 15) is 4.79 Å². The van der Waals surface area contributed by atoms with Gasteiger partial charge in [-0.15, -0.1) is 0 Å². The summed E-state index contributed by atoms with van der Waals surface area (Å²) in [5, 5.41) is 10.5. The third-order valence-corrected chi connectivity index (χ3v) is 2.76. The summed E-state index contributed by atoms with van der Waals surface area (Å²) in [6.07, 6.45) is 3.51. The number of nitrogens with zero attached hydrogens (tertiary/aromatic N) is 2. The van der Waals surface area contributed by atoms with Crippen molar-refractivity contribution >= 4 is 17.9 Å². The zero-order chi connectivity index (χ0) is 10.8. The molecule has 1 aromatic heterocycles. The van der Waals surface area contributed by atoms with Crippen LogP contribution < -0.4 is 10.6 Å². The maximum absolute atomic E-state index is 10.7. The van der Waals surface area contributed by atoms with Crippen molar-refractivity contribution in [3.05, 3.63) is 17.5 Å². The molecule has 15 heavy (non-hydrogen) atoms. The van der Waals surface area contributed by atoms with Crippen LogP contribution in [0.1, 0.15) is 28.6 Å². The maximum atomic E-state index is 10.7. The van der Waals surface area contributed by atoms with Crippen molar-refractivity contribution in [3.8, 4) is 0 Å². The number of rotatable bonds is 2. The van der Waals surface area contributed by atoms with Crippen LogP contribution in [0.5, 0.6) is 0 Å². The number of nitrogens with one attached hydrogen (secondary N) is 2. The lowest BCUT2D eigenvalue weighted by Gasteiger charge is -2.28. The lowest BCUT2D eigenvalue weighted by atomic mass is 10.3. The van der Waals surface area contributed by atoms with Crippen LogP contribution in [0.25, 0.3) is 0 Å². The molecule has 0 saturated carbocycles. The summed E-state index contributed by atoms with van der Waals surface area (Å²) >= 11 is 5.91. The highest BCUT2D eigenvalue weighted by atomic mass is 35.5. The van der Waals surface area contributed by atoms with Crippen molar-refractivity contribution in [3.63, 3.8) is 0 Å². The second-order valence-corrected chi connectivity index (χ2v) is 3.99. The Balaban J connectivity index is 2.17. The molecule has 0 radical (unpaired) electrons. The van der Waals surface area contributed by atoms with E-state index in [0.29, 0.717) is 5.56 Å². The third kappa shape index (κ3) is 2.19. The van der Waals surface area contributed by atoms with Gasteiger partial charge in [0.2, 0.25) is 0 Å². The van der Waals surface area contributed by atoms with E-state index in [1.54, 1.807) is 10.9 Å². The van der Waals surface area contributed by atoms with Crippen molar-refractivity contribution in [2.75, 3.05) is 6.54 Å². The first-order chi connectivity index (χ1) is 7.20. The Morgan fingerprint density at radius 2 is 2.53 bits per heavy atom. The normalized spacial score (nSPS) is 26.5. The third-order valence-electron chi connectivity index (χ3n) is 2.48. The fourth-order valence-electron chi connectivity index (χ4n) is 1.64. The Labute approximate surface area is 92.8 Å². The summed E-state index contributed by atoms with van der Waals surface area (Å²) in [4.78, 5) is 10.7. The number of hydrogen-bond donors (Lipinski definition) is 2. The molecule has 5 nitrogen and oxygen atoms in total. The smallest absolute Gasteiger partial charge is 0.153 e. The molecule has 0 amide bonds. The van der Waals surface area contributed by atoms with E-state index < -0.39 is 0 Å². The fourth-order valence-corrected chi connectivity index (χ4v) is 1.89. The first kappa shape index (κ1) is 10.6. The Morgan fingerprint density at radius 1 is 1.73 bits per heavy atom. The Hall–Kier alpha value is -0.910. The Kier molecular flexibility index (Phi) is 3.04. The number of aromatic nitrogens is 2. The van der Waals surface area contributed by atoms with E-state index in [2.05, 4.69) is 15.7 Å². The molecular formula is C9H13ClN4O. The van der Waals surface area contributed by atoms with E-state index in [1.807, 2.05) is 6.92 Å². The standard InChI is InChI=1S/C9H13ClN4O/c1-6-7(5-15)4-14(13-6)8-2-3-11-9(10)12-8/h4-5,8-9,11-12H,2-3H2,1H3. The van der Waals surface area contributed by atoms with Gasteiger partial charge in [0.05, 0.1) is 11.3 Å². The topological polar surface area (TPSA) is 59.0 Å². The minimum absolute atomic E-state index is 0.0566. The summed E-state index contributed by atoms with van der Waals surface area (Å²) < 4.78 is 1.76. The summed E-state index contributed by atoms with van der Waals surface area (Å²) in [5.74, 6) is 0. The molecule has 1 saturated heterocycles. The predicted octanol–water partition coefficient (Wildman–Crippen LogP) is 0.608. The van der Waals surface area contributed by atoms with Gasteiger partial charge in [-0.05, 0) is 13.3 Å². The number of carbonyl (C=O) groups excluding carboxylic acids is 1. The number of alkyl halides is 1. The fraction of sp³-hybridized carbons (Fsp3) is 0.556. The molecule has 2 unspecified atom stereocenters. The van der Waals surface area contributed by atoms with Crippen LogP contribution in [0, 0.1) is 6.92 Å². The predicted molar refractivity (Wildman–Crippen MR) is 56.8 cm³/mol. The van der Waals surface area contributed by atoms with Crippen molar-refractivity contribution in [2.24, 2.45) is 0 Å². The van der Waals surface area contributed by atoms with Gasteiger partial charge in [0.15, 0.2) is 6.29 Å². The van der Waals surface area contributed by atoms with Crippen LogP contribution in [-0.4, -0.2) is 28.2 Å². The SMILES string of the molecule is Cc1nn(C2CCNC(Cl)N2)cc1C=O. The van der Waals surface area contributed by atoms with Gasteiger partial charge in [-0.3, -0.25) is 20.1 Å². The lowest BCUT2D eigenvalue weighted by molar-refractivity contribution is 0.112. The molecule has 2 atom stereocenters. The lowest BCUT2D eigenvalue weighted by Crippen LogP contribution is -2.48. The molecule has 1 fully saturated rings. The molecule has 6 heteroatoms. The molecule has 0 spiro atoms. The van der Waals surface area contributed by atoms with Gasteiger partial charge in [-0.25, -0.2) is 0 Å². The summed E-state index contributed by atoms with van der Waals surface area (Å²) in [5.41, 5.74) is 1.13. The molecule has 2 heterocycles. The van der Waals surface area contributed by atoms with Gasteiger partial charge in [-0.1, -0.05) is 11.6 Å². The van der Waals surface area contributed by atoms with Gasteiger partial charge < -0.3 is 0 Å². The van der Waals surface area contributed by atoms with Crippen LogP contribution >= 0.6 is 11.6 Å². The van der Waals surface area contributed by atoms with E-state index in [1.165, 1.54) is 0 Å². The van der Waals surface area contributed by atoms with Crippen molar-refractivity contribution in [1.82, 2.24) is 20.4 Å². The summed E-state index contributed by atoms with van der Waals surface area (Å²) in [7, 11) is 0. The summed E-state index contributed by atoms with van der Waals surface area (Å²) in [6.45, 7) is 2.65. The van der Waals surface area contributed by atoms with E-state index in [-0.39, 0.29) is 11.8 Å². The highest BCUT2D eigenvalue weighted by Gasteiger charge is 2.21. The zero-order valence-corrected chi connectivity index (χ0v) is 9.16. The maximum Gasteiger partial charge on any atom is 0.153 e. The van der Waals surface area contributed by atoms with Crippen LogP contribution in [0.15, 0.2) is 6.20 Å². The number of halogens is 1. The first-order valence-electron chi connectivity index (χ1n) is 4.85. The molecule has 82 valence electrons. The number of carbonyl (C=O) groups is 1. The van der Waals surface area contributed by atoms with Crippen LogP contribution in [-0.2, 0) is 0 Å². The van der Waals surface area contributed by atoms with Crippen molar-refractivity contribution in [2.45, 2.75) is 25.1 Å². The van der Waals surface area contributed by atoms with Gasteiger partial charge in [0.25, 0.3) is 0 Å². The largest absolute Gasteiger partial charge is 0.298 e. The average molecular weight is 229 g/mol. The highest BCUT2D eigenvalue weighted by Crippen LogP contribution is 2.14. The molecule has 1 aliphatic heterocycles. The number of hydrogen-bond acceptors (Lipinski definition) is 4. The van der Waals surface area contributed by atoms with E-state index in [4.69, 9.17) is 11.6 Å². The van der Waals surface area contributed by atoms with Crippen molar-refractivity contribution in [1.29, 1.82) is 0 Å². The molecular weight excluding hydrogens is 216 g/mol. The second kappa shape index (κ2) is 4.30. The van der Waals surface area contributed by atoms with Gasteiger partial charge in [0.1, 0.15) is 11.8 Å². The molecule has 0 aliphatic carbocycles. The van der Waals surface area contributed by atoms with Gasteiger partial charge in [0, 0.05) is 12.7 Å². The average Bonchev–Trinajstić information content (AvgIpc) is 2.60. The summed E-state index contributed by atoms with van der Waals surface area (Å²) in [6, 6.07) is 0.